The van der Waals surface area contributed by atoms with E-state index in [1.807, 2.05) is 0 Å². The van der Waals surface area contributed by atoms with E-state index in [1.54, 1.807) is 0 Å². The number of nitrogens with one attached hydrogen (secondary N) is 1. The zero-order valence-electron chi connectivity index (χ0n) is 12.7. The molecule has 2 atom stereocenters. The Morgan fingerprint density at radius 1 is 1.38 bits per heavy atom. The van der Waals surface area contributed by atoms with Gasteiger partial charge < -0.3 is 30.4 Å². The molecule has 0 spiro atoms. The van der Waals surface area contributed by atoms with E-state index in [4.69, 9.17) is 19.9 Å². The number of aliphatic hydroxyl groups is 1. The highest BCUT2D eigenvalue weighted by atomic mass is 31.2. The molecule has 9 nitrogen and oxygen atoms in total. The van der Waals surface area contributed by atoms with Gasteiger partial charge in [-0.15, -0.1) is 0 Å². The lowest BCUT2D eigenvalue weighted by atomic mass is 10.1. The van der Waals surface area contributed by atoms with Crippen LogP contribution in [0.3, 0.4) is 0 Å². The topological polar surface area (TPSA) is 163 Å². The van der Waals surface area contributed by atoms with Crippen LogP contribution in [0.4, 0.5) is 5.69 Å². The molecule has 2 aromatic rings. The molecule has 1 heterocycles. The van der Waals surface area contributed by atoms with Gasteiger partial charge in [-0.25, -0.2) is 4.79 Å². The molecule has 0 bridgehead atoms. The largest absolute Gasteiger partial charge is 0.423 e. The summed E-state index contributed by atoms with van der Waals surface area (Å²) in [6.07, 6.45) is -1.65. The van der Waals surface area contributed by atoms with Gasteiger partial charge in [-0.1, -0.05) is 0 Å². The molecule has 0 aliphatic carbocycles. The maximum atomic E-state index is 11.8. The molecule has 1 aromatic heterocycles. The lowest BCUT2D eigenvalue weighted by molar-refractivity contribution is -0.119. The standard InChI is InChI=1S/C14H17N2O7P/c1-7(17)13(15)14(19)16-9-2-3-10-8(6-24(20,21)22)4-12(18)23-11(10)5-9/h2-5,7,13,17H,6,15H2,1H3,(H,16,19)(H2,20,21,22)/t7?,13-/m0/s1. The summed E-state index contributed by atoms with van der Waals surface area (Å²) in [5.74, 6) is -0.627. The van der Waals surface area contributed by atoms with Crippen molar-refractivity contribution in [2.75, 3.05) is 5.32 Å². The lowest BCUT2D eigenvalue weighted by Gasteiger charge is -2.15. The van der Waals surface area contributed by atoms with Crippen molar-refractivity contribution in [1.29, 1.82) is 0 Å². The minimum absolute atomic E-state index is 0.0642. The zero-order chi connectivity index (χ0) is 18.1. The Morgan fingerprint density at radius 2 is 2.04 bits per heavy atom. The van der Waals surface area contributed by atoms with E-state index in [9.17, 15) is 19.3 Å². The minimum atomic E-state index is -4.37. The number of aliphatic hydroxyl groups excluding tert-OH is 1. The smallest absolute Gasteiger partial charge is 0.336 e. The molecule has 10 heteroatoms. The van der Waals surface area contributed by atoms with Gasteiger partial charge in [0.15, 0.2) is 0 Å². The van der Waals surface area contributed by atoms with Crippen LogP contribution in [0, 0.1) is 0 Å². The predicted molar refractivity (Wildman–Crippen MR) is 86.5 cm³/mol. The molecule has 0 radical (unpaired) electrons. The highest BCUT2D eigenvalue weighted by Crippen LogP contribution is 2.40. The van der Waals surface area contributed by atoms with Crippen LogP contribution in [-0.2, 0) is 15.5 Å². The summed E-state index contributed by atoms with van der Waals surface area (Å²) in [7, 11) is -4.37. The van der Waals surface area contributed by atoms with Crippen molar-refractivity contribution in [3.05, 3.63) is 40.2 Å². The Labute approximate surface area is 136 Å². The first kappa shape index (κ1) is 18.3. The summed E-state index contributed by atoms with van der Waals surface area (Å²) in [4.78, 5) is 41.6. The van der Waals surface area contributed by atoms with Crippen LogP contribution >= 0.6 is 7.60 Å². The SMILES string of the molecule is CC(O)[C@H](N)C(=O)Nc1ccc2c(CP(=O)(O)O)cc(=O)oc2c1. The molecule has 130 valence electrons. The maximum Gasteiger partial charge on any atom is 0.336 e. The Kier molecular flexibility index (Phi) is 5.22. The zero-order valence-corrected chi connectivity index (χ0v) is 13.6. The summed E-state index contributed by atoms with van der Waals surface area (Å²) in [5.41, 5.74) is 5.22. The van der Waals surface area contributed by atoms with Crippen LogP contribution in [0.15, 0.2) is 33.5 Å². The first-order valence-electron chi connectivity index (χ1n) is 6.93. The summed E-state index contributed by atoms with van der Waals surface area (Å²) < 4.78 is 16.2. The molecule has 1 unspecified atom stereocenters. The van der Waals surface area contributed by atoms with Crippen LogP contribution < -0.4 is 16.7 Å². The summed E-state index contributed by atoms with van der Waals surface area (Å²) in [6, 6.07) is 4.16. The molecule has 0 saturated carbocycles. The van der Waals surface area contributed by atoms with Crippen molar-refractivity contribution in [1.82, 2.24) is 0 Å². The number of nitrogens with two attached hydrogens (primary N) is 1. The molecule has 0 aliphatic rings. The molecular formula is C14H17N2O7P. The highest BCUT2D eigenvalue weighted by molar-refractivity contribution is 7.50. The number of hydrogen-bond donors (Lipinski definition) is 5. The monoisotopic (exact) mass is 356 g/mol. The van der Waals surface area contributed by atoms with Crippen LogP contribution in [0.5, 0.6) is 0 Å². The third-order valence-electron chi connectivity index (χ3n) is 3.30. The highest BCUT2D eigenvalue weighted by Gasteiger charge is 2.20. The predicted octanol–water partition coefficient (Wildman–Crippen LogP) is 0.117. The fourth-order valence-corrected chi connectivity index (χ4v) is 2.81. The van der Waals surface area contributed by atoms with Crippen LogP contribution in [0.1, 0.15) is 12.5 Å². The van der Waals surface area contributed by atoms with Gasteiger partial charge in [0.25, 0.3) is 0 Å². The van der Waals surface area contributed by atoms with Crippen molar-refractivity contribution >= 4 is 30.2 Å². The first-order valence-corrected chi connectivity index (χ1v) is 8.72. The van der Waals surface area contributed by atoms with Crippen molar-refractivity contribution < 1.29 is 28.7 Å². The number of amides is 1. The number of anilines is 1. The average molecular weight is 356 g/mol. The van der Waals surface area contributed by atoms with Crippen LogP contribution in [0.25, 0.3) is 11.0 Å². The van der Waals surface area contributed by atoms with Gasteiger partial charge in [-0.3, -0.25) is 9.36 Å². The molecule has 1 amide bonds. The Bertz CT molecular complexity index is 871. The number of fused-ring (bicyclic) bond motifs is 1. The summed E-state index contributed by atoms with van der Waals surface area (Å²) >= 11 is 0. The van der Waals surface area contributed by atoms with Gasteiger partial charge in [0.2, 0.25) is 5.91 Å². The molecule has 6 N–H and O–H groups in total. The molecule has 0 fully saturated rings. The number of carbonyl (C=O) groups excluding carboxylic acids is 1. The quantitative estimate of drug-likeness (QED) is 0.372. The molecule has 1 aromatic carbocycles. The van der Waals surface area contributed by atoms with Crippen LogP contribution in [0.2, 0.25) is 0 Å². The van der Waals surface area contributed by atoms with E-state index in [0.29, 0.717) is 5.39 Å². The third-order valence-corrected chi connectivity index (χ3v) is 4.05. The van der Waals surface area contributed by atoms with E-state index in [2.05, 4.69) is 5.32 Å². The third kappa shape index (κ3) is 4.50. The molecule has 0 saturated heterocycles. The molecular weight excluding hydrogens is 339 g/mol. The Balaban J connectivity index is 2.40. The van der Waals surface area contributed by atoms with Crippen molar-refractivity contribution in [3.8, 4) is 0 Å². The molecule has 24 heavy (non-hydrogen) atoms. The average Bonchev–Trinajstić information content (AvgIpc) is 2.43. The van der Waals surface area contributed by atoms with E-state index in [-0.39, 0.29) is 16.8 Å². The number of rotatable bonds is 5. The summed E-state index contributed by atoms with van der Waals surface area (Å²) in [6.45, 7) is 1.37. The number of carbonyl (C=O) groups is 1. The fourth-order valence-electron chi connectivity index (χ4n) is 2.11. The second-order valence-corrected chi connectivity index (χ2v) is 7.03. The number of benzene rings is 1. The second kappa shape index (κ2) is 6.84. The van der Waals surface area contributed by atoms with E-state index < -0.39 is 37.4 Å². The van der Waals surface area contributed by atoms with Gasteiger partial charge in [0.05, 0.1) is 12.3 Å². The van der Waals surface area contributed by atoms with E-state index in [1.165, 1.54) is 25.1 Å². The number of hydrogen-bond acceptors (Lipinski definition) is 6. The Hall–Kier alpha value is -2.03. The van der Waals surface area contributed by atoms with E-state index >= 15 is 0 Å². The molecule has 2 rings (SSSR count). The Morgan fingerprint density at radius 3 is 2.62 bits per heavy atom. The van der Waals surface area contributed by atoms with E-state index in [0.717, 1.165) is 6.07 Å². The lowest BCUT2D eigenvalue weighted by Crippen LogP contribution is -2.43. The van der Waals surface area contributed by atoms with Gasteiger partial charge in [0, 0.05) is 23.2 Å². The first-order chi connectivity index (χ1) is 11.1. The second-order valence-electron chi connectivity index (χ2n) is 5.38. The van der Waals surface area contributed by atoms with Gasteiger partial charge in [-0.05, 0) is 24.6 Å². The van der Waals surface area contributed by atoms with Crippen LogP contribution in [-0.4, -0.2) is 32.9 Å². The normalized spacial score (nSPS) is 14.4. The molecule has 0 aliphatic heterocycles. The fraction of sp³-hybridized carbons (Fsp3) is 0.286. The van der Waals surface area contributed by atoms with Gasteiger partial charge in [-0.2, -0.15) is 0 Å². The summed E-state index contributed by atoms with van der Waals surface area (Å²) in [5, 5.41) is 12.1. The van der Waals surface area contributed by atoms with Crippen molar-refractivity contribution in [2.45, 2.75) is 25.2 Å². The van der Waals surface area contributed by atoms with Gasteiger partial charge in [0.1, 0.15) is 11.6 Å². The van der Waals surface area contributed by atoms with Crippen molar-refractivity contribution in [2.24, 2.45) is 5.73 Å². The van der Waals surface area contributed by atoms with Gasteiger partial charge >= 0.3 is 13.2 Å². The minimum Gasteiger partial charge on any atom is -0.423 e. The maximum absolute atomic E-state index is 11.8. The van der Waals surface area contributed by atoms with Crippen molar-refractivity contribution in [3.63, 3.8) is 0 Å².